The number of hydrogen-bond acceptors (Lipinski definition) is 5. The van der Waals surface area contributed by atoms with Crippen LogP contribution in [0.15, 0.2) is 22.7 Å². The van der Waals surface area contributed by atoms with Crippen molar-refractivity contribution in [3.8, 4) is 11.8 Å². The molecule has 2 rings (SSSR count). The van der Waals surface area contributed by atoms with Crippen LogP contribution in [0.5, 0.6) is 11.8 Å². The number of aromatic nitrogens is 3. The SMILES string of the molecule is CCCNc1nc(Cl)nc(Oc2ccc(C)cc2Br)n1. The monoisotopic (exact) mass is 356 g/mol. The Balaban J connectivity index is 2.21. The number of halogens is 2. The van der Waals surface area contributed by atoms with Gasteiger partial charge in [0.25, 0.3) is 0 Å². The van der Waals surface area contributed by atoms with Crippen molar-refractivity contribution in [2.45, 2.75) is 20.3 Å². The second-order valence-corrected chi connectivity index (χ2v) is 5.37. The average Bonchev–Trinajstić information content (AvgIpc) is 2.39. The van der Waals surface area contributed by atoms with Crippen molar-refractivity contribution in [2.75, 3.05) is 11.9 Å². The molecule has 0 amide bonds. The smallest absolute Gasteiger partial charge is 0.328 e. The Labute approximate surface area is 130 Å². The van der Waals surface area contributed by atoms with Gasteiger partial charge in [0.15, 0.2) is 0 Å². The summed E-state index contributed by atoms with van der Waals surface area (Å²) in [5, 5.41) is 3.14. The number of aryl methyl sites for hydroxylation is 1. The fourth-order valence-corrected chi connectivity index (χ4v) is 2.21. The second kappa shape index (κ2) is 6.85. The summed E-state index contributed by atoms with van der Waals surface area (Å²) in [5.74, 6) is 1.03. The van der Waals surface area contributed by atoms with Crippen LogP contribution in [-0.4, -0.2) is 21.5 Å². The number of rotatable bonds is 5. The van der Waals surface area contributed by atoms with Crippen molar-refractivity contribution < 1.29 is 4.74 Å². The Morgan fingerprint density at radius 3 is 2.80 bits per heavy atom. The van der Waals surface area contributed by atoms with Crippen LogP contribution in [0.1, 0.15) is 18.9 Å². The van der Waals surface area contributed by atoms with Crippen molar-refractivity contribution in [1.29, 1.82) is 0 Å². The summed E-state index contributed by atoms with van der Waals surface area (Å²) in [6.45, 7) is 4.81. The van der Waals surface area contributed by atoms with Gasteiger partial charge in [0.2, 0.25) is 11.2 Å². The third kappa shape index (κ3) is 4.05. The molecule has 0 aliphatic heterocycles. The standard InChI is InChI=1S/C13H14BrClN4O/c1-3-6-16-12-17-11(15)18-13(19-12)20-10-5-4-8(2)7-9(10)14/h4-5,7H,3,6H2,1-2H3,(H,16,17,18,19). The third-order valence-corrected chi connectivity index (χ3v) is 3.20. The van der Waals surface area contributed by atoms with E-state index in [1.54, 1.807) is 0 Å². The van der Waals surface area contributed by atoms with Gasteiger partial charge in [-0.2, -0.15) is 15.0 Å². The van der Waals surface area contributed by atoms with E-state index in [9.17, 15) is 0 Å². The minimum absolute atomic E-state index is 0.0943. The predicted octanol–water partition coefficient (Wildman–Crippen LogP) is 4.21. The molecule has 2 aromatic rings. The van der Waals surface area contributed by atoms with Crippen molar-refractivity contribution in [3.63, 3.8) is 0 Å². The van der Waals surface area contributed by atoms with Gasteiger partial charge in [0.05, 0.1) is 4.47 Å². The first-order chi connectivity index (χ1) is 9.58. The Kier molecular flexibility index (Phi) is 5.14. The molecule has 0 radical (unpaired) electrons. The largest absolute Gasteiger partial charge is 0.423 e. The van der Waals surface area contributed by atoms with Gasteiger partial charge in [-0.05, 0) is 58.6 Å². The Hall–Kier alpha value is -1.40. The maximum atomic E-state index is 5.87. The summed E-state index contributed by atoms with van der Waals surface area (Å²) in [7, 11) is 0. The van der Waals surface area contributed by atoms with E-state index < -0.39 is 0 Å². The molecule has 1 aromatic carbocycles. The highest BCUT2D eigenvalue weighted by Gasteiger charge is 2.09. The summed E-state index contributed by atoms with van der Waals surface area (Å²) >= 11 is 9.31. The van der Waals surface area contributed by atoms with E-state index in [-0.39, 0.29) is 11.3 Å². The molecule has 106 valence electrons. The fraction of sp³-hybridized carbons (Fsp3) is 0.308. The molecule has 1 heterocycles. The van der Waals surface area contributed by atoms with Crippen LogP contribution >= 0.6 is 27.5 Å². The minimum atomic E-state index is 0.0943. The summed E-state index contributed by atoms with van der Waals surface area (Å²) in [6.07, 6.45) is 0.961. The lowest BCUT2D eigenvalue weighted by molar-refractivity contribution is 0.437. The molecule has 0 aliphatic carbocycles. The zero-order chi connectivity index (χ0) is 14.5. The molecular weight excluding hydrogens is 344 g/mol. The van der Waals surface area contributed by atoms with Gasteiger partial charge < -0.3 is 10.1 Å². The zero-order valence-corrected chi connectivity index (χ0v) is 13.5. The lowest BCUT2D eigenvalue weighted by Crippen LogP contribution is -2.06. The molecule has 1 N–H and O–H groups in total. The highest BCUT2D eigenvalue weighted by atomic mass is 79.9. The molecule has 7 heteroatoms. The van der Waals surface area contributed by atoms with Gasteiger partial charge in [-0.1, -0.05) is 13.0 Å². The number of anilines is 1. The highest BCUT2D eigenvalue weighted by molar-refractivity contribution is 9.10. The van der Waals surface area contributed by atoms with E-state index in [1.165, 1.54) is 0 Å². The third-order valence-electron chi connectivity index (χ3n) is 2.41. The molecule has 5 nitrogen and oxygen atoms in total. The topological polar surface area (TPSA) is 59.9 Å². The van der Waals surface area contributed by atoms with Crippen LogP contribution in [-0.2, 0) is 0 Å². The van der Waals surface area contributed by atoms with Crippen molar-refractivity contribution in [2.24, 2.45) is 0 Å². The molecule has 1 aromatic heterocycles. The molecule has 0 saturated carbocycles. The lowest BCUT2D eigenvalue weighted by Gasteiger charge is -2.08. The van der Waals surface area contributed by atoms with E-state index in [4.69, 9.17) is 16.3 Å². The molecule has 0 aliphatic rings. The first-order valence-corrected chi connectivity index (χ1v) is 7.35. The van der Waals surface area contributed by atoms with Gasteiger partial charge in [-0.25, -0.2) is 0 Å². The van der Waals surface area contributed by atoms with Gasteiger partial charge in [0, 0.05) is 6.54 Å². The zero-order valence-electron chi connectivity index (χ0n) is 11.2. The van der Waals surface area contributed by atoms with Crippen LogP contribution in [0.2, 0.25) is 5.28 Å². The maximum Gasteiger partial charge on any atom is 0.328 e. The number of benzene rings is 1. The molecule has 20 heavy (non-hydrogen) atoms. The van der Waals surface area contributed by atoms with E-state index >= 15 is 0 Å². The molecule has 0 saturated heterocycles. The molecule has 0 spiro atoms. The second-order valence-electron chi connectivity index (χ2n) is 4.17. The molecular formula is C13H14BrClN4O. The van der Waals surface area contributed by atoms with Crippen molar-refractivity contribution in [3.05, 3.63) is 33.5 Å². The fourth-order valence-electron chi connectivity index (χ4n) is 1.48. The van der Waals surface area contributed by atoms with Crippen LogP contribution in [0.25, 0.3) is 0 Å². The average molecular weight is 358 g/mol. The number of nitrogens with zero attached hydrogens (tertiary/aromatic N) is 3. The van der Waals surface area contributed by atoms with Gasteiger partial charge in [-0.3, -0.25) is 0 Å². The minimum Gasteiger partial charge on any atom is -0.423 e. The van der Waals surface area contributed by atoms with E-state index in [2.05, 4.69) is 43.1 Å². The summed E-state index contributed by atoms with van der Waals surface area (Å²) in [4.78, 5) is 12.1. The van der Waals surface area contributed by atoms with Gasteiger partial charge >= 0.3 is 6.01 Å². The maximum absolute atomic E-state index is 5.87. The molecule has 0 atom stereocenters. The Bertz CT molecular complexity index is 609. The first-order valence-electron chi connectivity index (χ1n) is 6.18. The molecule has 0 unspecified atom stereocenters. The Morgan fingerprint density at radius 2 is 2.10 bits per heavy atom. The van der Waals surface area contributed by atoms with Gasteiger partial charge in [-0.15, -0.1) is 0 Å². The van der Waals surface area contributed by atoms with E-state index in [1.807, 2.05) is 25.1 Å². The quantitative estimate of drug-likeness (QED) is 0.868. The van der Waals surface area contributed by atoms with Crippen LogP contribution in [0.4, 0.5) is 5.95 Å². The first kappa shape index (κ1) is 15.0. The number of nitrogens with one attached hydrogen (secondary N) is 1. The van der Waals surface area contributed by atoms with Crippen molar-refractivity contribution >= 4 is 33.5 Å². The summed E-state index contributed by atoms with van der Waals surface area (Å²) in [5.41, 5.74) is 1.13. The van der Waals surface area contributed by atoms with Crippen LogP contribution in [0.3, 0.4) is 0 Å². The van der Waals surface area contributed by atoms with Gasteiger partial charge in [0.1, 0.15) is 5.75 Å². The van der Waals surface area contributed by atoms with E-state index in [0.29, 0.717) is 11.7 Å². The highest BCUT2D eigenvalue weighted by Crippen LogP contribution is 2.29. The van der Waals surface area contributed by atoms with Crippen LogP contribution in [0, 0.1) is 6.92 Å². The van der Waals surface area contributed by atoms with Crippen molar-refractivity contribution in [1.82, 2.24) is 15.0 Å². The summed E-state index contributed by atoms with van der Waals surface area (Å²) in [6, 6.07) is 5.90. The van der Waals surface area contributed by atoms with Crippen LogP contribution < -0.4 is 10.1 Å². The molecule has 0 bridgehead atoms. The Morgan fingerprint density at radius 1 is 1.30 bits per heavy atom. The number of ether oxygens (including phenoxy) is 1. The van der Waals surface area contributed by atoms with E-state index in [0.717, 1.165) is 23.0 Å². The number of hydrogen-bond donors (Lipinski definition) is 1. The summed E-state index contributed by atoms with van der Waals surface area (Å²) < 4.78 is 6.46. The predicted molar refractivity (Wildman–Crippen MR) is 82.6 cm³/mol. The molecule has 0 fully saturated rings. The lowest BCUT2D eigenvalue weighted by atomic mass is 10.2. The normalized spacial score (nSPS) is 10.4.